The molecule has 0 spiro atoms. The lowest BCUT2D eigenvalue weighted by Crippen LogP contribution is -2.48. The third kappa shape index (κ3) is 4.00. The first kappa shape index (κ1) is 14.0. The van der Waals surface area contributed by atoms with Gasteiger partial charge in [0.15, 0.2) is 5.78 Å². The highest BCUT2D eigenvalue weighted by Crippen LogP contribution is 2.27. The third-order valence-electron chi connectivity index (χ3n) is 3.10. The molecule has 1 saturated heterocycles. The average molecular weight is 243 g/mol. The summed E-state index contributed by atoms with van der Waals surface area (Å²) < 4.78 is 10.2. The van der Waals surface area contributed by atoms with Crippen LogP contribution in [0.1, 0.15) is 33.6 Å². The van der Waals surface area contributed by atoms with Crippen molar-refractivity contribution in [1.29, 1.82) is 0 Å². The van der Waals surface area contributed by atoms with E-state index in [4.69, 9.17) is 4.74 Å². The van der Waals surface area contributed by atoms with Crippen molar-refractivity contribution >= 4 is 11.9 Å². The number of hydrogen-bond acceptors (Lipinski definition) is 4. The van der Waals surface area contributed by atoms with Gasteiger partial charge >= 0.3 is 6.09 Å². The Kier molecular flexibility index (Phi) is 4.93. The summed E-state index contributed by atoms with van der Waals surface area (Å²) in [6.45, 7) is 5.46. The number of methoxy groups -OCH3 is 1. The molecule has 1 aliphatic rings. The monoisotopic (exact) mass is 243 g/mol. The number of carbonyl (C=O) groups is 2. The number of Topliss-reactive ketones (excluding diaryl/α,β-unsaturated/α-hetero) is 1. The molecular formula is C12H21NO4. The fourth-order valence-corrected chi connectivity index (χ4v) is 2.47. The Hall–Kier alpha value is -1.10. The van der Waals surface area contributed by atoms with Crippen LogP contribution in [0.15, 0.2) is 0 Å². The van der Waals surface area contributed by atoms with Gasteiger partial charge in [-0.25, -0.2) is 4.79 Å². The van der Waals surface area contributed by atoms with Crippen LogP contribution in [-0.4, -0.2) is 37.2 Å². The van der Waals surface area contributed by atoms with Gasteiger partial charge in [0.05, 0.1) is 25.4 Å². The molecule has 0 radical (unpaired) electrons. The van der Waals surface area contributed by atoms with E-state index in [1.54, 1.807) is 0 Å². The van der Waals surface area contributed by atoms with E-state index in [1.807, 2.05) is 13.8 Å². The summed E-state index contributed by atoms with van der Waals surface area (Å²) in [5, 5.41) is 2.61. The van der Waals surface area contributed by atoms with E-state index >= 15 is 0 Å². The van der Waals surface area contributed by atoms with E-state index in [9.17, 15) is 9.59 Å². The molecule has 0 aromatic carbocycles. The van der Waals surface area contributed by atoms with E-state index in [2.05, 4.69) is 10.1 Å². The Morgan fingerprint density at radius 3 is 2.24 bits per heavy atom. The van der Waals surface area contributed by atoms with E-state index in [0.717, 1.165) is 12.8 Å². The second kappa shape index (κ2) is 6.00. The van der Waals surface area contributed by atoms with E-state index < -0.39 is 12.1 Å². The van der Waals surface area contributed by atoms with E-state index in [-0.39, 0.29) is 23.9 Å². The highest BCUT2D eigenvalue weighted by molar-refractivity contribution is 5.85. The van der Waals surface area contributed by atoms with Crippen molar-refractivity contribution in [2.24, 2.45) is 5.92 Å². The molecule has 1 heterocycles. The van der Waals surface area contributed by atoms with Gasteiger partial charge in [-0.2, -0.15) is 0 Å². The van der Waals surface area contributed by atoms with Gasteiger partial charge in [0.1, 0.15) is 0 Å². The summed E-state index contributed by atoms with van der Waals surface area (Å²) >= 11 is 0. The number of amides is 1. The number of ketones is 1. The zero-order valence-corrected chi connectivity index (χ0v) is 10.9. The van der Waals surface area contributed by atoms with Gasteiger partial charge in [0, 0.05) is 0 Å². The van der Waals surface area contributed by atoms with Crippen LogP contribution in [0.5, 0.6) is 0 Å². The summed E-state index contributed by atoms with van der Waals surface area (Å²) in [4.78, 5) is 22.8. The van der Waals surface area contributed by atoms with Crippen molar-refractivity contribution in [3.05, 3.63) is 0 Å². The van der Waals surface area contributed by atoms with Crippen LogP contribution in [0.2, 0.25) is 0 Å². The maximum absolute atomic E-state index is 11.6. The fourth-order valence-electron chi connectivity index (χ4n) is 2.47. The Bertz CT molecular complexity index is 282. The van der Waals surface area contributed by atoms with Gasteiger partial charge in [-0.15, -0.1) is 0 Å². The molecule has 0 aromatic heterocycles. The molecule has 98 valence electrons. The standard InChI is InChI=1S/C12H21NO4/c1-7-5-10(6-8(2)17-7)11(9(3)14)13-12(15)16-4/h7-8,10-11H,5-6H2,1-4H3,(H,13,15)/t7-,8+,10?,11-/m1/s1. The zero-order valence-electron chi connectivity index (χ0n) is 10.9. The molecule has 0 saturated carbocycles. The average Bonchev–Trinajstić information content (AvgIpc) is 2.23. The molecule has 0 bridgehead atoms. The minimum absolute atomic E-state index is 0.0401. The molecule has 1 rings (SSSR count). The molecule has 5 nitrogen and oxygen atoms in total. The number of alkyl carbamates (subject to hydrolysis) is 1. The van der Waals surface area contributed by atoms with Crippen LogP contribution < -0.4 is 5.32 Å². The maximum atomic E-state index is 11.6. The normalized spacial score (nSPS) is 30.5. The van der Waals surface area contributed by atoms with Crippen LogP contribution in [0.3, 0.4) is 0 Å². The molecule has 4 atom stereocenters. The van der Waals surface area contributed by atoms with Crippen molar-refractivity contribution in [2.45, 2.75) is 51.9 Å². The van der Waals surface area contributed by atoms with Crippen molar-refractivity contribution in [2.75, 3.05) is 7.11 Å². The second-order valence-electron chi connectivity index (χ2n) is 4.71. The Balaban J connectivity index is 2.69. The number of nitrogens with one attached hydrogen (secondary N) is 1. The molecule has 1 unspecified atom stereocenters. The molecule has 0 aliphatic carbocycles. The largest absolute Gasteiger partial charge is 0.453 e. The van der Waals surface area contributed by atoms with E-state index in [1.165, 1.54) is 14.0 Å². The van der Waals surface area contributed by atoms with Crippen molar-refractivity contribution < 1.29 is 19.1 Å². The van der Waals surface area contributed by atoms with Gasteiger partial charge < -0.3 is 14.8 Å². The Morgan fingerprint density at radius 2 is 1.82 bits per heavy atom. The Labute approximate surface area is 102 Å². The van der Waals surface area contributed by atoms with Crippen molar-refractivity contribution in [3.63, 3.8) is 0 Å². The topological polar surface area (TPSA) is 64.6 Å². The first-order chi connectivity index (χ1) is 7.93. The van der Waals surface area contributed by atoms with Crippen molar-refractivity contribution in [3.8, 4) is 0 Å². The molecule has 1 fully saturated rings. The molecule has 17 heavy (non-hydrogen) atoms. The molecule has 0 aromatic rings. The second-order valence-corrected chi connectivity index (χ2v) is 4.71. The minimum atomic E-state index is -0.558. The first-order valence-corrected chi connectivity index (χ1v) is 5.94. The highest BCUT2D eigenvalue weighted by Gasteiger charge is 2.34. The maximum Gasteiger partial charge on any atom is 0.407 e. The van der Waals surface area contributed by atoms with Gasteiger partial charge in [-0.05, 0) is 39.5 Å². The van der Waals surface area contributed by atoms with E-state index in [0.29, 0.717) is 0 Å². The van der Waals surface area contributed by atoms with Crippen LogP contribution in [0.25, 0.3) is 0 Å². The predicted molar refractivity (Wildman–Crippen MR) is 62.7 cm³/mol. The number of rotatable bonds is 3. The summed E-state index contributed by atoms with van der Waals surface area (Å²) in [5.74, 6) is 0.0760. The zero-order chi connectivity index (χ0) is 13.0. The molecular weight excluding hydrogens is 222 g/mol. The van der Waals surface area contributed by atoms with Gasteiger partial charge in [-0.3, -0.25) is 4.79 Å². The summed E-state index contributed by atoms with van der Waals surface area (Å²) in [6.07, 6.45) is 1.23. The van der Waals surface area contributed by atoms with Crippen LogP contribution in [0.4, 0.5) is 4.79 Å². The lowest BCUT2D eigenvalue weighted by molar-refractivity contribution is -0.123. The highest BCUT2D eigenvalue weighted by atomic mass is 16.5. The number of carbonyl (C=O) groups excluding carboxylic acids is 2. The van der Waals surface area contributed by atoms with Gasteiger partial charge in [-0.1, -0.05) is 0 Å². The van der Waals surface area contributed by atoms with Gasteiger partial charge in [0.2, 0.25) is 0 Å². The predicted octanol–water partition coefficient (Wildman–Crippen LogP) is 1.50. The minimum Gasteiger partial charge on any atom is -0.453 e. The molecule has 1 amide bonds. The number of hydrogen-bond donors (Lipinski definition) is 1. The van der Waals surface area contributed by atoms with Crippen molar-refractivity contribution in [1.82, 2.24) is 5.32 Å². The van der Waals surface area contributed by atoms with Crippen LogP contribution in [-0.2, 0) is 14.3 Å². The van der Waals surface area contributed by atoms with Gasteiger partial charge in [0.25, 0.3) is 0 Å². The smallest absolute Gasteiger partial charge is 0.407 e. The third-order valence-corrected chi connectivity index (χ3v) is 3.10. The summed E-state index contributed by atoms with van der Waals surface area (Å²) in [7, 11) is 1.29. The van der Waals surface area contributed by atoms with Crippen LogP contribution in [0, 0.1) is 5.92 Å². The number of ether oxygens (including phenoxy) is 2. The Morgan fingerprint density at radius 1 is 1.29 bits per heavy atom. The quantitative estimate of drug-likeness (QED) is 0.816. The molecule has 5 heteroatoms. The summed E-state index contributed by atoms with van der Waals surface area (Å²) in [6, 6.07) is -0.476. The fraction of sp³-hybridized carbons (Fsp3) is 0.833. The lowest BCUT2D eigenvalue weighted by Gasteiger charge is -2.35. The molecule has 1 aliphatic heterocycles. The lowest BCUT2D eigenvalue weighted by atomic mass is 9.84. The first-order valence-electron chi connectivity index (χ1n) is 5.94. The van der Waals surface area contributed by atoms with Crippen LogP contribution >= 0.6 is 0 Å². The summed E-state index contributed by atoms with van der Waals surface area (Å²) in [5.41, 5.74) is 0. The SMILES string of the molecule is COC(=O)N[C@H](C(C)=O)C1C[C@@H](C)O[C@@H](C)C1. The molecule has 1 N–H and O–H groups in total.